The largest absolute Gasteiger partial charge is 0.141 e. The lowest BCUT2D eigenvalue weighted by atomic mass is 10.7. The molecule has 0 amide bonds. The maximum absolute atomic E-state index is 5.43. The zero-order valence-corrected chi connectivity index (χ0v) is 4.51. The molecule has 0 aliphatic heterocycles. The van der Waals surface area contributed by atoms with Crippen molar-refractivity contribution in [3.63, 3.8) is 0 Å². The fourth-order valence-corrected chi connectivity index (χ4v) is 0.911. The highest BCUT2D eigenvalue weighted by Crippen LogP contribution is 2.09. The van der Waals surface area contributed by atoms with Gasteiger partial charge in [-0.05, 0) is 6.07 Å². The van der Waals surface area contributed by atoms with Gasteiger partial charge in [0.1, 0.15) is 0 Å². The van der Waals surface area contributed by atoms with Crippen molar-refractivity contribution in [2.45, 2.75) is 0 Å². The summed E-state index contributed by atoms with van der Waals surface area (Å²) in [7, 11) is 0. The standard InChI is InChI=1S/C4H2ClS/c5-4-1-2-6-3-4/h1,3H. The molecule has 31 valence electrons. The van der Waals surface area contributed by atoms with Gasteiger partial charge in [-0.15, -0.1) is 11.3 Å². The number of hydrogen-bond acceptors (Lipinski definition) is 1. The minimum absolute atomic E-state index is 0.778. The van der Waals surface area contributed by atoms with E-state index in [1.807, 2.05) is 5.38 Å². The Labute approximate surface area is 45.4 Å². The summed E-state index contributed by atoms with van der Waals surface area (Å²) in [6, 6.07) is 1.74. The monoisotopic (exact) mass is 117 g/mol. The van der Waals surface area contributed by atoms with Crippen LogP contribution in [0.4, 0.5) is 0 Å². The molecule has 0 saturated heterocycles. The van der Waals surface area contributed by atoms with E-state index in [2.05, 4.69) is 5.38 Å². The highest BCUT2D eigenvalue weighted by Gasteiger charge is 1.78. The van der Waals surface area contributed by atoms with Crippen LogP contribution in [0, 0.1) is 5.38 Å². The van der Waals surface area contributed by atoms with Crippen molar-refractivity contribution in [2.24, 2.45) is 0 Å². The number of halogens is 1. The Morgan fingerprint density at radius 1 is 1.83 bits per heavy atom. The van der Waals surface area contributed by atoms with E-state index < -0.39 is 0 Å². The van der Waals surface area contributed by atoms with Gasteiger partial charge in [-0.25, -0.2) is 0 Å². The average molecular weight is 118 g/mol. The lowest BCUT2D eigenvalue weighted by Crippen LogP contribution is -1.34. The Kier molecular flexibility index (Phi) is 1.13. The summed E-state index contributed by atoms with van der Waals surface area (Å²) < 4.78 is 0. The van der Waals surface area contributed by atoms with Crippen molar-refractivity contribution in [1.29, 1.82) is 0 Å². The Bertz CT molecular complexity index is 111. The predicted molar refractivity (Wildman–Crippen MR) is 28.2 cm³/mol. The quantitative estimate of drug-likeness (QED) is 0.489. The highest BCUT2D eigenvalue weighted by molar-refractivity contribution is 7.07. The summed E-state index contributed by atoms with van der Waals surface area (Å²) in [5, 5.41) is 5.45. The van der Waals surface area contributed by atoms with Gasteiger partial charge in [0.05, 0.1) is 5.02 Å². The van der Waals surface area contributed by atoms with Crippen LogP contribution in [-0.2, 0) is 0 Å². The van der Waals surface area contributed by atoms with Gasteiger partial charge >= 0.3 is 0 Å². The fraction of sp³-hybridized carbons (Fsp3) is 0. The first-order valence-corrected chi connectivity index (χ1v) is 2.75. The number of rotatable bonds is 0. The molecule has 0 atom stereocenters. The van der Waals surface area contributed by atoms with E-state index in [1.165, 1.54) is 11.3 Å². The molecule has 0 bridgehead atoms. The summed E-state index contributed by atoms with van der Waals surface area (Å²) in [4.78, 5) is 0. The molecule has 0 aromatic carbocycles. The van der Waals surface area contributed by atoms with E-state index >= 15 is 0 Å². The van der Waals surface area contributed by atoms with Crippen molar-refractivity contribution in [3.8, 4) is 0 Å². The van der Waals surface area contributed by atoms with Gasteiger partial charge < -0.3 is 0 Å². The summed E-state index contributed by atoms with van der Waals surface area (Å²) in [5.41, 5.74) is 0. The van der Waals surface area contributed by atoms with E-state index in [1.54, 1.807) is 6.07 Å². The summed E-state index contributed by atoms with van der Waals surface area (Å²) in [6.45, 7) is 0. The van der Waals surface area contributed by atoms with E-state index in [9.17, 15) is 0 Å². The van der Waals surface area contributed by atoms with Gasteiger partial charge in [0.15, 0.2) is 0 Å². The Morgan fingerprint density at radius 2 is 2.67 bits per heavy atom. The predicted octanol–water partition coefficient (Wildman–Crippen LogP) is 2.20. The molecule has 1 rings (SSSR count). The zero-order valence-electron chi connectivity index (χ0n) is 2.94. The molecule has 0 spiro atoms. The summed E-state index contributed by atoms with van der Waals surface area (Å²) in [5.74, 6) is 0. The molecule has 0 aliphatic carbocycles. The molecule has 0 fully saturated rings. The van der Waals surface area contributed by atoms with Crippen molar-refractivity contribution in [2.75, 3.05) is 0 Å². The molecular formula is C4H2ClS. The molecule has 0 nitrogen and oxygen atoms in total. The van der Waals surface area contributed by atoms with Gasteiger partial charge in [0.2, 0.25) is 0 Å². The van der Waals surface area contributed by atoms with Crippen LogP contribution in [-0.4, -0.2) is 0 Å². The van der Waals surface area contributed by atoms with Crippen LogP contribution in [0.1, 0.15) is 0 Å². The van der Waals surface area contributed by atoms with Crippen LogP contribution in [0.5, 0.6) is 0 Å². The Hall–Kier alpha value is -0.0100. The normalized spacial score (nSPS) is 8.83. The minimum atomic E-state index is 0.778. The molecule has 0 unspecified atom stereocenters. The highest BCUT2D eigenvalue weighted by atomic mass is 35.5. The topological polar surface area (TPSA) is 0 Å². The van der Waals surface area contributed by atoms with Crippen LogP contribution in [0.15, 0.2) is 11.4 Å². The third-order valence-electron chi connectivity index (χ3n) is 0.436. The summed E-state index contributed by atoms with van der Waals surface area (Å²) >= 11 is 6.92. The van der Waals surface area contributed by atoms with Gasteiger partial charge in [0.25, 0.3) is 0 Å². The molecule has 1 heterocycles. The van der Waals surface area contributed by atoms with Crippen molar-refractivity contribution in [3.05, 3.63) is 21.8 Å². The Balaban J connectivity index is 3.05. The van der Waals surface area contributed by atoms with Gasteiger partial charge in [-0.2, -0.15) is 0 Å². The van der Waals surface area contributed by atoms with E-state index in [-0.39, 0.29) is 0 Å². The molecular weight excluding hydrogens is 116 g/mol. The minimum Gasteiger partial charge on any atom is -0.141 e. The smallest absolute Gasteiger partial charge is 0.0519 e. The molecule has 0 aliphatic rings. The number of hydrogen-bond donors (Lipinski definition) is 0. The maximum atomic E-state index is 5.43. The maximum Gasteiger partial charge on any atom is 0.0519 e. The van der Waals surface area contributed by atoms with Crippen LogP contribution < -0.4 is 0 Å². The lowest BCUT2D eigenvalue weighted by molar-refractivity contribution is 2.00. The molecule has 6 heavy (non-hydrogen) atoms. The van der Waals surface area contributed by atoms with Crippen LogP contribution in [0.25, 0.3) is 0 Å². The second kappa shape index (κ2) is 1.63. The molecule has 0 N–H and O–H groups in total. The first-order valence-electron chi connectivity index (χ1n) is 1.49. The van der Waals surface area contributed by atoms with Crippen LogP contribution in [0.2, 0.25) is 5.02 Å². The van der Waals surface area contributed by atoms with Crippen molar-refractivity contribution >= 4 is 22.9 Å². The first-order chi connectivity index (χ1) is 2.89. The average Bonchev–Trinajstić information content (AvgIpc) is 1.86. The molecule has 1 radical (unpaired) electrons. The third kappa shape index (κ3) is 0.730. The van der Waals surface area contributed by atoms with Gasteiger partial charge in [-0.3, -0.25) is 0 Å². The van der Waals surface area contributed by atoms with Gasteiger partial charge in [-0.1, -0.05) is 11.6 Å². The lowest BCUT2D eigenvalue weighted by Gasteiger charge is -1.61. The van der Waals surface area contributed by atoms with Crippen molar-refractivity contribution in [1.82, 2.24) is 0 Å². The molecule has 2 heteroatoms. The second-order valence-corrected chi connectivity index (χ2v) is 2.03. The van der Waals surface area contributed by atoms with E-state index in [0.29, 0.717) is 0 Å². The molecule has 1 aromatic heterocycles. The van der Waals surface area contributed by atoms with Crippen molar-refractivity contribution < 1.29 is 0 Å². The van der Waals surface area contributed by atoms with Gasteiger partial charge in [0, 0.05) is 10.8 Å². The number of thiophene rings is 1. The van der Waals surface area contributed by atoms with Crippen LogP contribution >= 0.6 is 22.9 Å². The first kappa shape index (κ1) is 4.16. The SMILES string of the molecule is Clc1c[c]sc1. The van der Waals surface area contributed by atoms with E-state index in [4.69, 9.17) is 11.6 Å². The fourth-order valence-electron chi connectivity index (χ4n) is 0.215. The second-order valence-electron chi connectivity index (χ2n) is 0.883. The van der Waals surface area contributed by atoms with E-state index in [0.717, 1.165) is 5.02 Å². The molecule has 0 saturated carbocycles. The molecule has 1 aromatic rings. The zero-order chi connectivity index (χ0) is 4.41. The third-order valence-corrected chi connectivity index (χ3v) is 1.41. The Morgan fingerprint density at radius 3 is 2.83 bits per heavy atom. The van der Waals surface area contributed by atoms with Crippen LogP contribution in [0.3, 0.4) is 0 Å². The summed E-state index contributed by atoms with van der Waals surface area (Å²) in [6.07, 6.45) is 0.